The minimum Gasteiger partial charge on any atom is -0.274 e. The van der Waals surface area contributed by atoms with E-state index in [9.17, 15) is 4.39 Å². The first kappa shape index (κ1) is 13.8. The van der Waals surface area contributed by atoms with Crippen LogP contribution < -0.4 is 0 Å². The highest BCUT2D eigenvalue weighted by molar-refractivity contribution is 5.91. The van der Waals surface area contributed by atoms with Crippen molar-refractivity contribution in [3.63, 3.8) is 0 Å². The number of halogens is 1. The summed E-state index contributed by atoms with van der Waals surface area (Å²) in [5.41, 5.74) is 3.12. The Kier molecular flexibility index (Phi) is 2.87. The van der Waals surface area contributed by atoms with Crippen molar-refractivity contribution in [2.75, 3.05) is 0 Å². The molecule has 0 spiro atoms. The standard InChI is InChI=1S/C18H11FN6/c19-13-7-3-1-5-11(13)15-9-16(23-22-15)17-21-18-12-6-2-4-8-14(12)20-10-25(18)24-17/h1-10H,(H,22,23). The van der Waals surface area contributed by atoms with Gasteiger partial charge in [0.05, 0.1) is 11.2 Å². The van der Waals surface area contributed by atoms with Crippen molar-refractivity contribution in [3.8, 4) is 22.8 Å². The Morgan fingerprint density at radius 1 is 1.00 bits per heavy atom. The molecule has 2 aromatic carbocycles. The lowest BCUT2D eigenvalue weighted by Crippen LogP contribution is -1.90. The molecule has 0 saturated carbocycles. The average molecular weight is 330 g/mol. The van der Waals surface area contributed by atoms with Crippen LogP contribution in [0.1, 0.15) is 0 Å². The Morgan fingerprint density at radius 3 is 2.76 bits per heavy atom. The molecule has 25 heavy (non-hydrogen) atoms. The van der Waals surface area contributed by atoms with Crippen LogP contribution in [0.3, 0.4) is 0 Å². The molecule has 0 aliphatic carbocycles. The molecule has 120 valence electrons. The van der Waals surface area contributed by atoms with Gasteiger partial charge in [0.2, 0.25) is 0 Å². The number of fused-ring (bicyclic) bond motifs is 3. The van der Waals surface area contributed by atoms with E-state index in [1.165, 1.54) is 6.07 Å². The van der Waals surface area contributed by atoms with Crippen molar-refractivity contribution in [2.45, 2.75) is 0 Å². The molecule has 0 unspecified atom stereocenters. The molecule has 5 aromatic rings. The lowest BCUT2D eigenvalue weighted by atomic mass is 10.1. The van der Waals surface area contributed by atoms with Gasteiger partial charge in [-0.1, -0.05) is 24.3 Å². The molecule has 6 nitrogen and oxygen atoms in total. The largest absolute Gasteiger partial charge is 0.274 e. The predicted octanol–water partition coefficient (Wildman–Crippen LogP) is 3.47. The number of para-hydroxylation sites is 1. The van der Waals surface area contributed by atoms with E-state index in [-0.39, 0.29) is 5.82 Å². The smallest absolute Gasteiger partial charge is 0.200 e. The maximum atomic E-state index is 13.9. The normalized spacial score (nSPS) is 11.4. The van der Waals surface area contributed by atoms with Crippen molar-refractivity contribution in [1.29, 1.82) is 0 Å². The third-order valence-electron chi connectivity index (χ3n) is 4.05. The molecule has 3 heterocycles. The Hall–Kier alpha value is -3.61. The third-order valence-corrected chi connectivity index (χ3v) is 4.05. The van der Waals surface area contributed by atoms with Gasteiger partial charge in [-0.25, -0.2) is 18.9 Å². The molecule has 3 aromatic heterocycles. The number of nitrogens with zero attached hydrogens (tertiary/aromatic N) is 5. The fourth-order valence-corrected chi connectivity index (χ4v) is 2.84. The van der Waals surface area contributed by atoms with Crippen LogP contribution in [0.2, 0.25) is 0 Å². The van der Waals surface area contributed by atoms with Gasteiger partial charge in [-0.2, -0.15) is 5.10 Å². The Labute approximate surface area is 141 Å². The van der Waals surface area contributed by atoms with Crippen LogP contribution in [0.5, 0.6) is 0 Å². The fraction of sp³-hybridized carbons (Fsp3) is 0. The van der Waals surface area contributed by atoms with Gasteiger partial charge in [0, 0.05) is 10.9 Å². The minimum atomic E-state index is -0.321. The number of nitrogens with one attached hydrogen (secondary N) is 1. The van der Waals surface area contributed by atoms with Crippen LogP contribution in [0.4, 0.5) is 4.39 Å². The minimum absolute atomic E-state index is 0.321. The van der Waals surface area contributed by atoms with Gasteiger partial charge in [0.1, 0.15) is 17.8 Å². The lowest BCUT2D eigenvalue weighted by molar-refractivity contribution is 0.630. The second-order valence-electron chi connectivity index (χ2n) is 5.61. The average Bonchev–Trinajstić information content (AvgIpc) is 3.29. The molecule has 0 fully saturated rings. The number of rotatable bonds is 2. The maximum absolute atomic E-state index is 13.9. The molecule has 7 heteroatoms. The fourth-order valence-electron chi connectivity index (χ4n) is 2.84. The molecule has 0 aliphatic heterocycles. The van der Waals surface area contributed by atoms with E-state index in [2.05, 4.69) is 25.3 Å². The van der Waals surface area contributed by atoms with E-state index in [1.807, 2.05) is 24.3 Å². The summed E-state index contributed by atoms with van der Waals surface area (Å²) in [7, 11) is 0. The first-order valence-corrected chi connectivity index (χ1v) is 7.70. The van der Waals surface area contributed by atoms with Gasteiger partial charge in [-0.15, -0.1) is 5.10 Å². The summed E-state index contributed by atoms with van der Waals surface area (Å²) >= 11 is 0. The highest BCUT2D eigenvalue weighted by atomic mass is 19.1. The molecule has 0 aliphatic rings. The first-order chi connectivity index (χ1) is 12.3. The molecule has 5 rings (SSSR count). The van der Waals surface area contributed by atoms with Crippen LogP contribution in [0.25, 0.3) is 39.3 Å². The zero-order chi connectivity index (χ0) is 16.8. The number of hydrogen-bond donors (Lipinski definition) is 1. The van der Waals surface area contributed by atoms with Gasteiger partial charge >= 0.3 is 0 Å². The molecule has 0 radical (unpaired) electrons. The number of benzene rings is 2. The summed E-state index contributed by atoms with van der Waals surface area (Å²) < 4.78 is 15.6. The van der Waals surface area contributed by atoms with Crippen LogP contribution in [0, 0.1) is 5.82 Å². The molecule has 0 atom stereocenters. The summed E-state index contributed by atoms with van der Waals surface area (Å²) in [6, 6.07) is 16.0. The number of H-pyrrole nitrogens is 1. The second-order valence-corrected chi connectivity index (χ2v) is 5.61. The summed E-state index contributed by atoms with van der Waals surface area (Å²) in [5.74, 6) is 0.159. The zero-order valence-corrected chi connectivity index (χ0v) is 12.9. The predicted molar refractivity (Wildman–Crippen MR) is 91.3 cm³/mol. The molecular formula is C18H11FN6. The van der Waals surface area contributed by atoms with E-state index in [4.69, 9.17) is 0 Å². The SMILES string of the molecule is Fc1ccccc1-c1cc(-c2nc3c4ccccc4ncn3n2)[nH]n1. The van der Waals surface area contributed by atoms with E-state index < -0.39 is 0 Å². The monoisotopic (exact) mass is 330 g/mol. The highest BCUT2D eigenvalue weighted by Crippen LogP contribution is 2.25. The van der Waals surface area contributed by atoms with Gasteiger partial charge in [-0.3, -0.25) is 5.10 Å². The number of hydrogen-bond acceptors (Lipinski definition) is 4. The van der Waals surface area contributed by atoms with Gasteiger partial charge < -0.3 is 0 Å². The van der Waals surface area contributed by atoms with Crippen LogP contribution in [-0.2, 0) is 0 Å². The maximum Gasteiger partial charge on any atom is 0.200 e. The van der Waals surface area contributed by atoms with Crippen LogP contribution >= 0.6 is 0 Å². The summed E-state index contributed by atoms with van der Waals surface area (Å²) in [5, 5.41) is 12.4. The first-order valence-electron chi connectivity index (χ1n) is 7.70. The van der Waals surface area contributed by atoms with Crippen LogP contribution in [-0.4, -0.2) is 29.8 Å². The van der Waals surface area contributed by atoms with Crippen molar-refractivity contribution in [1.82, 2.24) is 29.8 Å². The summed E-state index contributed by atoms with van der Waals surface area (Å²) in [6.07, 6.45) is 1.63. The second kappa shape index (κ2) is 5.20. The Morgan fingerprint density at radius 2 is 1.84 bits per heavy atom. The number of aromatic nitrogens is 6. The Balaban J connectivity index is 1.65. The van der Waals surface area contributed by atoms with Gasteiger partial charge in [-0.05, 0) is 30.3 Å². The van der Waals surface area contributed by atoms with E-state index in [0.29, 0.717) is 28.4 Å². The van der Waals surface area contributed by atoms with Crippen molar-refractivity contribution in [2.24, 2.45) is 0 Å². The molecule has 0 saturated heterocycles. The topological polar surface area (TPSA) is 71.8 Å². The van der Waals surface area contributed by atoms with E-state index in [1.54, 1.807) is 35.1 Å². The lowest BCUT2D eigenvalue weighted by Gasteiger charge is -1.96. The van der Waals surface area contributed by atoms with Crippen molar-refractivity contribution in [3.05, 3.63) is 66.7 Å². The summed E-state index contributed by atoms with van der Waals surface area (Å²) in [6.45, 7) is 0. The number of aromatic amines is 1. The van der Waals surface area contributed by atoms with Crippen LogP contribution in [0.15, 0.2) is 60.9 Å². The molecule has 1 N–H and O–H groups in total. The van der Waals surface area contributed by atoms with E-state index >= 15 is 0 Å². The van der Waals surface area contributed by atoms with Crippen molar-refractivity contribution < 1.29 is 4.39 Å². The molecule has 0 bridgehead atoms. The highest BCUT2D eigenvalue weighted by Gasteiger charge is 2.14. The zero-order valence-electron chi connectivity index (χ0n) is 12.9. The third kappa shape index (κ3) is 2.17. The molecule has 0 amide bonds. The van der Waals surface area contributed by atoms with Gasteiger partial charge in [0.15, 0.2) is 11.5 Å². The van der Waals surface area contributed by atoms with Crippen molar-refractivity contribution >= 4 is 16.6 Å². The Bertz CT molecular complexity index is 1220. The van der Waals surface area contributed by atoms with E-state index in [0.717, 1.165) is 10.9 Å². The summed E-state index contributed by atoms with van der Waals surface area (Å²) in [4.78, 5) is 8.95. The molecular weight excluding hydrogens is 319 g/mol. The quantitative estimate of drug-likeness (QED) is 0.538. The van der Waals surface area contributed by atoms with Gasteiger partial charge in [0.25, 0.3) is 0 Å².